The van der Waals surface area contributed by atoms with E-state index in [9.17, 15) is 0 Å². The predicted molar refractivity (Wildman–Crippen MR) is 132 cm³/mol. The molecule has 4 unspecified atom stereocenters. The van der Waals surface area contributed by atoms with Crippen LogP contribution in [0.3, 0.4) is 0 Å². The lowest BCUT2D eigenvalue weighted by atomic mass is 9.49. The zero-order chi connectivity index (χ0) is 21.4. The largest absolute Gasteiger partial charge is 0.376 e. The van der Waals surface area contributed by atoms with Crippen LogP contribution in [0.25, 0.3) is 0 Å². The summed E-state index contributed by atoms with van der Waals surface area (Å²) in [5, 5.41) is 3.82. The molecule has 3 N–H and O–H groups in total. The smallest absolute Gasteiger partial charge is 0.0815 e. The summed E-state index contributed by atoms with van der Waals surface area (Å²) in [6.45, 7) is 7.18. The molecule has 0 spiro atoms. The van der Waals surface area contributed by atoms with Gasteiger partial charge in [-0.15, -0.1) is 0 Å². The highest BCUT2D eigenvalue weighted by Gasteiger charge is 2.53. The number of hydrogen-bond donors (Lipinski definition) is 2. The molecule has 0 radical (unpaired) electrons. The molecule has 1 aromatic rings. The fraction of sp³-hybridized carbons (Fsp3) is 0.667. The minimum absolute atomic E-state index is 0.0562. The zero-order valence-electron chi connectivity index (χ0n) is 19.1. The van der Waals surface area contributed by atoms with E-state index in [1.165, 1.54) is 31.2 Å². The van der Waals surface area contributed by atoms with E-state index in [1.807, 2.05) is 0 Å². The molecular weight excluding hydrogens is 384 g/mol. The number of allylic oxidation sites excluding steroid dienone is 2. The van der Waals surface area contributed by atoms with Gasteiger partial charge >= 0.3 is 0 Å². The molecule has 2 nitrogen and oxygen atoms in total. The molecule has 3 heteroatoms. The monoisotopic (exact) mass is 424 g/mol. The van der Waals surface area contributed by atoms with Crippen molar-refractivity contribution in [1.29, 1.82) is 0 Å². The first-order valence-corrected chi connectivity index (χ1v) is 12.6. The number of fused-ring (bicyclic) bond motifs is 2. The van der Waals surface area contributed by atoms with Crippen LogP contribution in [0.15, 0.2) is 42.0 Å². The van der Waals surface area contributed by atoms with E-state index >= 15 is 0 Å². The number of rotatable bonds is 4. The second kappa shape index (κ2) is 8.74. The first-order chi connectivity index (χ1) is 14.3. The van der Waals surface area contributed by atoms with E-state index in [4.69, 9.17) is 18.0 Å². The molecule has 0 amide bonds. The summed E-state index contributed by atoms with van der Waals surface area (Å²) < 4.78 is 0. The summed E-state index contributed by atoms with van der Waals surface area (Å²) in [5.74, 6) is 1.31. The molecule has 3 aliphatic rings. The fourth-order valence-electron chi connectivity index (χ4n) is 7.01. The predicted octanol–water partition coefficient (Wildman–Crippen LogP) is 6.29. The highest BCUT2D eigenvalue weighted by atomic mass is 32.1. The van der Waals surface area contributed by atoms with Crippen molar-refractivity contribution in [2.45, 2.75) is 96.1 Å². The Hall–Kier alpha value is -1.19. The highest BCUT2D eigenvalue weighted by molar-refractivity contribution is 7.80. The van der Waals surface area contributed by atoms with Crippen LogP contribution in [-0.4, -0.2) is 17.1 Å². The van der Waals surface area contributed by atoms with Crippen molar-refractivity contribution in [3.05, 3.63) is 47.5 Å². The summed E-state index contributed by atoms with van der Waals surface area (Å²) in [4.78, 5) is 1.11. The summed E-state index contributed by atoms with van der Waals surface area (Å²) >= 11 is 6.15. The second-order valence-electron chi connectivity index (χ2n) is 10.8. The van der Waals surface area contributed by atoms with E-state index in [1.54, 1.807) is 5.57 Å². The molecule has 0 aliphatic heterocycles. The lowest BCUT2D eigenvalue weighted by molar-refractivity contribution is 0.0928. The zero-order valence-corrected chi connectivity index (χ0v) is 19.9. The van der Waals surface area contributed by atoms with Gasteiger partial charge in [-0.25, -0.2) is 0 Å². The van der Waals surface area contributed by atoms with Gasteiger partial charge in [0.05, 0.1) is 4.99 Å². The number of nitrogens with two attached hydrogens (primary N) is 1. The van der Waals surface area contributed by atoms with E-state index in [2.05, 4.69) is 62.5 Å². The molecule has 30 heavy (non-hydrogen) atoms. The van der Waals surface area contributed by atoms with Gasteiger partial charge < -0.3 is 11.1 Å². The number of benzene rings is 1. The molecule has 1 aromatic carbocycles. The standard InChI is InChI=1S/C27H40N2S/c1-4-8-24-19(2)15-27(21-9-6-5-7-10-21)17-20(24)16-26(3,18-27)25(30)29-23-13-11-22(28)12-14-23/h5-10,19-20,22-23H,4,11-18,28H2,1-3H3,(H,29,30)/b24-8+/t19?,20?,22-,23-,26?,27?. The molecule has 4 atom stereocenters. The minimum Gasteiger partial charge on any atom is -0.376 e. The van der Waals surface area contributed by atoms with E-state index < -0.39 is 0 Å². The quantitative estimate of drug-likeness (QED) is 0.440. The summed E-state index contributed by atoms with van der Waals surface area (Å²) in [6, 6.07) is 12.2. The molecular formula is C27H40N2S. The van der Waals surface area contributed by atoms with Gasteiger partial charge in [0, 0.05) is 17.5 Å². The number of nitrogens with one attached hydrogen (secondary N) is 1. The van der Waals surface area contributed by atoms with Gasteiger partial charge in [-0.2, -0.15) is 0 Å². The Balaban J connectivity index is 1.63. The van der Waals surface area contributed by atoms with Gasteiger partial charge in [0.1, 0.15) is 0 Å². The van der Waals surface area contributed by atoms with Crippen LogP contribution in [-0.2, 0) is 5.41 Å². The second-order valence-corrected chi connectivity index (χ2v) is 11.2. The topological polar surface area (TPSA) is 38.0 Å². The van der Waals surface area contributed by atoms with Crippen LogP contribution in [0.4, 0.5) is 0 Å². The van der Waals surface area contributed by atoms with Crippen LogP contribution in [0.1, 0.15) is 84.1 Å². The molecule has 0 saturated heterocycles. The molecule has 3 saturated carbocycles. The third-order valence-corrected chi connectivity index (χ3v) is 8.89. The van der Waals surface area contributed by atoms with Gasteiger partial charge in [-0.1, -0.05) is 75.0 Å². The average molecular weight is 425 g/mol. The van der Waals surface area contributed by atoms with Crippen LogP contribution in [0.2, 0.25) is 0 Å². The Labute approximate surface area is 189 Å². The van der Waals surface area contributed by atoms with Gasteiger partial charge in [0.15, 0.2) is 0 Å². The Morgan fingerprint density at radius 3 is 2.50 bits per heavy atom. The van der Waals surface area contributed by atoms with E-state index in [0.717, 1.165) is 37.1 Å². The number of hydrogen-bond acceptors (Lipinski definition) is 2. The van der Waals surface area contributed by atoms with E-state index in [-0.39, 0.29) is 10.8 Å². The van der Waals surface area contributed by atoms with Crippen molar-refractivity contribution in [3.8, 4) is 0 Å². The van der Waals surface area contributed by atoms with Crippen LogP contribution >= 0.6 is 12.2 Å². The summed E-state index contributed by atoms with van der Waals surface area (Å²) in [5.41, 5.74) is 9.65. The van der Waals surface area contributed by atoms with Crippen molar-refractivity contribution in [1.82, 2.24) is 5.32 Å². The normalized spacial score (nSPS) is 40.2. The Morgan fingerprint density at radius 2 is 1.83 bits per heavy atom. The van der Waals surface area contributed by atoms with Crippen LogP contribution in [0.5, 0.6) is 0 Å². The maximum atomic E-state index is 6.15. The minimum atomic E-state index is 0.0562. The first-order valence-electron chi connectivity index (χ1n) is 12.2. The van der Waals surface area contributed by atoms with Crippen molar-refractivity contribution < 1.29 is 0 Å². The Kier molecular flexibility index (Phi) is 6.42. The molecule has 2 bridgehead atoms. The van der Waals surface area contributed by atoms with Gasteiger partial charge in [-0.3, -0.25) is 0 Å². The Bertz CT molecular complexity index is 775. The van der Waals surface area contributed by atoms with E-state index in [0.29, 0.717) is 23.9 Å². The van der Waals surface area contributed by atoms with Crippen molar-refractivity contribution in [3.63, 3.8) is 0 Å². The summed E-state index contributed by atoms with van der Waals surface area (Å²) in [6.07, 6.45) is 13.1. The Morgan fingerprint density at radius 1 is 1.13 bits per heavy atom. The molecule has 0 aromatic heterocycles. The third kappa shape index (κ3) is 4.25. The summed E-state index contributed by atoms with van der Waals surface area (Å²) in [7, 11) is 0. The third-order valence-electron chi connectivity index (χ3n) is 8.28. The fourth-order valence-corrected chi connectivity index (χ4v) is 7.33. The van der Waals surface area contributed by atoms with Gasteiger partial charge in [0.25, 0.3) is 0 Å². The van der Waals surface area contributed by atoms with Crippen molar-refractivity contribution in [2.24, 2.45) is 23.0 Å². The molecule has 3 aliphatic carbocycles. The molecule has 0 heterocycles. The molecule has 3 fully saturated rings. The average Bonchev–Trinajstić information content (AvgIpc) is 2.73. The van der Waals surface area contributed by atoms with Crippen molar-refractivity contribution >= 4 is 17.2 Å². The van der Waals surface area contributed by atoms with Gasteiger partial charge in [-0.05, 0) is 80.6 Å². The lowest BCUT2D eigenvalue weighted by Gasteiger charge is -2.56. The highest BCUT2D eigenvalue weighted by Crippen LogP contribution is 2.60. The lowest BCUT2D eigenvalue weighted by Crippen LogP contribution is -2.54. The maximum Gasteiger partial charge on any atom is 0.0815 e. The molecule has 4 rings (SSSR count). The molecule has 164 valence electrons. The van der Waals surface area contributed by atoms with Crippen LogP contribution in [0, 0.1) is 17.3 Å². The maximum absolute atomic E-state index is 6.15. The number of thiocarbonyl (C=S) groups is 1. The van der Waals surface area contributed by atoms with Crippen LogP contribution < -0.4 is 11.1 Å². The van der Waals surface area contributed by atoms with Crippen molar-refractivity contribution in [2.75, 3.05) is 0 Å². The SMILES string of the molecule is CC/C=C1\C(C)CC2(c3ccccc3)CC1CC(C)(C(=S)N[C@H]1CC[C@H](N)CC1)C2. The van der Waals surface area contributed by atoms with Gasteiger partial charge in [0.2, 0.25) is 0 Å². The first kappa shape index (κ1) is 22.0.